The summed E-state index contributed by atoms with van der Waals surface area (Å²) >= 11 is 6.81. The van der Waals surface area contributed by atoms with E-state index in [-0.39, 0.29) is 35.2 Å². The summed E-state index contributed by atoms with van der Waals surface area (Å²) < 4.78 is 17.8. The summed E-state index contributed by atoms with van der Waals surface area (Å²) in [5, 5.41) is 38.1. The standard InChI is InChI=1S/C13H13ClFN3O4S/c14-9-3-7(1-2-10(9)15)4-11(16-21)12-13(18-22-17-12)23-6-8(20)5-19/h1-3,8,19-21H,4-6H2/b16-11+/t8-/m1/s1. The highest BCUT2D eigenvalue weighted by Gasteiger charge is 2.19. The molecule has 3 N–H and O–H groups in total. The molecule has 0 radical (unpaired) electrons. The number of aliphatic hydroxyl groups is 2. The van der Waals surface area contributed by atoms with Gasteiger partial charge in [-0.2, -0.15) is 0 Å². The zero-order valence-corrected chi connectivity index (χ0v) is 13.3. The lowest BCUT2D eigenvalue weighted by Crippen LogP contribution is -2.15. The van der Waals surface area contributed by atoms with Crippen LogP contribution >= 0.6 is 23.4 Å². The highest BCUT2D eigenvalue weighted by Crippen LogP contribution is 2.23. The molecule has 0 spiro atoms. The van der Waals surface area contributed by atoms with Crippen LogP contribution in [0.5, 0.6) is 0 Å². The lowest BCUT2D eigenvalue weighted by molar-refractivity contribution is 0.113. The first-order chi connectivity index (χ1) is 11.0. The third-order valence-corrected chi connectivity index (χ3v) is 4.21. The fourth-order valence-corrected chi connectivity index (χ4v) is 2.73. The maximum absolute atomic E-state index is 13.2. The molecule has 1 aromatic carbocycles. The second kappa shape index (κ2) is 8.25. The maximum Gasteiger partial charge on any atom is 0.170 e. The summed E-state index contributed by atoms with van der Waals surface area (Å²) in [6.07, 6.45) is -0.796. The van der Waals surface area contributed by atoms with Crippen LogP contribution in [-0.4, -0.2) is 49.9 Å². The van der Waals surface area contributed by atoms with Gasteiger partial charge in [0.15, 0.2) is 10.7 Å². The normalized spacial score (nSPS) is 13.3. The Kier molecular flexibility index (Phi) is 6.34. The van der Waals surface area contributed by atoms with E-state index in [2.05, 4.69) is 20.1 Å². The second-order valence-corrected chi connectivity index (χ2v) is 5.95. The van der Waals surface area contributed by atoms with E-state index in [9.17, 15) is 14.7 Å². The Morgan fingerprint density at radius 2 is 2.22 bits per heavy atom. The van der Waals surface area contributed by atoms with Crippen LogP contribution in [0.25, 0.3) is 0 Å². The molecule has 0 bridgehead atoms. The molecule has 0 aliphatic rings. The van der Waals surface area contributed by atoms with Gasteiger partial charge in [0.05, 0.1) is 17.7 Å². The molecule has 1 aromatic heterocycles. The van der Waals surface area contributed by atoms with Crippen molar-refractivity contribution in [2.75, 3.05) is 12.4 Å². The molecule has 2 rings (SSSR count). The number of hydrogen-bond donors (Lipinski definition) is 3. The smallest absolute Gasteiger partial charge is 0.170 e. The number of halogens is 2. The van der Waals surface area contributed by atoms with Crippen LogP contribution in [0.15, 0.2) is 33.0 Å². The van der Waals surface area contributed by atoms with Crippen LogP contribution in [-0.2, 0) is 6.42 Å². The van der Waals surface area contributed by atoms with Crippen molar-refractivity contribution in [3.8, 4) is 0 Å². The minimum absolute atomic E-state index is 0.0428. The molecule has 23 heavy (non-hydrogen) atoms. The van der Waals surface area contributed by atoms with Crippen LogP contribution in [0.3, 0.4) is 0 Å². The van der Waals surface area contributed by atoms with Gasteiger partial charge in [0.25, 0.3) is 0 Å². The number of aromatic nitrogens is 2. The Morgan fingerprint density at radius 1 is 1.43 bits per heavy atom. The molecule has 0 aliphatic heterocycles. The number of aliphatic hydroxyl groups excluding tert-OH is 2. The Bertz CT molecular complexity index is 698. The predicted octanol–water partition coefficient (Wildman–Crippen LogP) is 1.73. The monoisotopic (exact) mass is 361 g/mol. The van der Waals surface area contributed by atoms with Crippen LogP contribution < -0.4 is 0 Å². The van der Waals surface area contributed by atoms with Crippen molar-refractivity contribution in [2.24, 2.45) is 5.16 Å². The molecular weight excluding hydrogens is 349 g/mol. The van der Waals surface area contributed by atoms with Crippen molar-refractivity contribution < 1.29 is 24.4 Å². The summed E-state index contributed by atoms with van der Waals surface area (Å²) in [5.41, 5.74) is 0.955. The van der Waals surface area contributed by atoms with E-state index in [0.29, 0.717) is 10.6 Å². The molecule has 0 aliphatic carbocycles. The Hall–Kier alpha value is -1.68. The van der Waals surface area contributed by atoms with Gasteiger partial charge in [-0.05, 0) is 28.0 Å². The average Bonchev–Trinajstić information content (AvgIpc) is 3.01. The highest BCUT2D eigenvalue weighted by atomic mass is 35.5. The zero-order chi connectivity index (χ0) is 16.8. The minimum Gasteiger partial charge on any atom is -0.411 e. The van der Waals surface area contributed by atoms with Crippen molar-refractivity contribution in [1.29, 1.82) is 0 Å². The predicted molar refractivity (Wildman–Crippen MR) is 81.6 cm³/mol. The summed E-state index contributed by atoms with van der Waals surface area (Å²) in [6, 6.07) is 4.13. The van der Waals surface area contributed by atoms with Crippen LogP contribution in [0.2, 0.25) is 5.02 Å². The lowest BCUT2D eigenvalue weighted by atomic mass is 10.1. The molecule has 0 saturated heterocycles. The summed E-state index contributed by atoms with van der Waals surface area (Å²) in [6.45, 7) is -0.386. The van der Waals surface area contributed by atoms with E-state index in [1.807, 2.05) is 0 Å². The molecule has 0 unspecified atom stereocenters. The molecule has 1 atom stereocenters. The van der Waals surface area contributed by atoms with Crippen molar-refractivity contribution >= 4 is 29.1 Å². The first kappa shape index (κ1) is 17.7. The molecular formula is C13H13ClFN3O4S. The number of thioether (sulfide) groups is 1. The van der Waals surface area contributed by atoms with Crippen molar-refractivity contribution in [3.05, 3.63) is 40.3 Å². The molecule has 0 amide bonds. The number of rotatable bonds is 7. The Balaban J connectivity index is 2.15. The Labute approximate surface area is 139 Å². The van der Waals surface area contributed by atoms with Gasteiger partial charge in [-0.25, -0.2) is 9.02 Å². The summed E-state index contributed by atoms with van der Waals surface area (Å²) in [4.78, 5) is 0. The Morgan fingerprint density at radius 3 is 2.87 bits per heavy atom. The summed E-state index contributed by atoms with van der Waals surface area (Å²) in [5.74, 6) is -0.381. The van der Waals surface area contributed by atoms with Gasteiger partial charge in [-0.1, -0.05) is 34.6 Å². The van der Waals surface area contributed by atoms with E-state index in [0.717, 1.165) is 11.8 Å². The van der Waals surface area contributed by atoms with Crippen LogP contribution in [0.4, 0.5) is 4.39 Å². The van der Waals surface area contributed by atoms with Crippen LogP contribution in [0.1, 0.15) is 11.3 Å². The topological polar surface area (TPSA) is 112 Å². The molecule has 0 saturated carbocycles. The largest absolute Gasteiger partial charge is 0.411 e. The van der Waals surface area contributed by atoms with Gasteiger partial charge in [0.2, 0.25) is 0 Å². The average molecular weight is 362 g/mol. The first-order valence-electron chi connectivity index (χ1n) is 6.44. The van der Waals surface area contributed by atoms with E-state index in [1.165, 1.54) is 18.2 Å². The molecule has 1 heterocycles. The third kappa shape index (κ3) is 4.64. The molecule has 124 valence electrons. The quantitative estimate of drug-likeness (QED) is 0.298. The van der Waals surface area contributed by atoms with E-state index >= 15 is 0 Å². The van der Waals surface area contributed by atoms with E-state index < -0.39 is 11.9 Å². The van der Waals surface area contributed by atoms with Crippen molar-refractivity contribution in [1.82, 2.24) is 10.3 Å². The number of nitrogens with zero attached hydrogens (tertiary/aromatic N) is 3. The van der Waals surface area contributed by atoms with Crippen molar-refractivity contribution in [2.45, 2.75) is 17.6 Å². The van der Waals surface area contributed by atoms with Crippen LogP contribution in [0, 0.1) is 5.82 Å². The fraction of sp³-hybridized carbons (Fsp3) is 0.308. The fourth-order valence-electron chi connectivity index (χ4n) is 1.69. The number of hydrogen-bond acceptors (Lipinski definition) is 8. The third-order valence-electron chi connectivity index (χ3n) is 2.83. The van der Waals surface area contributed by atoms with Gasteiger partial charge in [-0.3, -0.25) is 0 Å². The molecule has 10 heteroatoms. The number of benzene rings is 1. The zero-order valence-electron chi connectivity index (χ0n) is 11.7. The molecule has 7 nitrogen and oxygen atoms in total. The van der Waals surface area contributed by atoms with Gasteiger partial charge in [0.1, 0.15) is 11.5 Å². The first-order valence-corrected chi connectivity index (χ1v) is 7.81. The lowest BCUT2D eigenvalue weighted by Gasteiger charge is -2.06. The molecule has 2 aromatic rings. The van der Waals surface area contributed by atoms with Gasteiger partial charge in [-0.15, -0.1) is 0 Å². The second-order valence-electron chi connectivity index (χ2n) is 4.54. The summed E-state index contributed by atoms with van der Waals surface area (Å²) in [7, 11) is 0. The van der Waals surface area contributed by atoms with Crippen molar-refractivity contribution in [3.63, 3.8) is 0 Å². The highest BCUT2D eigenvalue weighted by molar-refractivity contribution is 7.99. The van der Waals surface area contributed by atoms with Gasteiger partial charge in [0, 0.05) is 12.2 Å². The van der Waals surface area contributed by atoms with Gasteiger partial charge >= 0.3 is 0 Å². The van der Waals surface area contributed by atoms with Gasteiger partial charge < -0.3 is 15.4 Å². The molecule has 0 fully saturated rings. The minimum atomic E-state index is -0.921. The maximum atomic E-state index is 13.2. The number of oxime groups is 1. The van der Waals surface area contributed by atoms with E-state index in [4.69, 9.17) is 16.7 Å². The SMILES string of the molecule is OC[C@@H](O)CSc1nonc1/C(Cc1ccc(F)c(Cl)c1)=N/O. The van der Waals surface area contributed by atoms with E-state index in [1.54, 1.807) is 0 Å².